The van der Waals surface area contributed by atoms with Crippen molar-refractivity contribution in [3.8, 4) is 0 Å². The van der Waals surface area contributed by atoms with Gasteiger partial charge in [-0.05, 0) is 36.8 Å². The van der Waals surface area contributed by atoms with E-state index in [2.05, 4.69) is 17.1 Å². The predicted octanol–water partition coefficient (Wildman–Crippen LogP) is 4.43. The molecular weight excluding hydrogens is 472 g/mol. The normalized spacial score (nSPS) is 11.7. The van der Waals surface area contributed by atoms with Crippen LogP contribution >= 0.6 is 23.4 Å². The molecule has 8 nitrogen and oxygen atoms in total. The zero-order chi connectivity index (χ0) is 23.8. The SMILES string of the molecule is CCCCCn1c(SCc2nnc3n(C)c(=O)c4ccccc4n23)nc2cc(Cl)ccc2c1=O. The molecule has 0 atom stereocenters. The second-order valence-electron chi connectivity index (χ2n) is 8.14. The van der Waals surface area contributed by atoms with E-state index in [1.54, 1.807) is 35.9 Å². The van der Waals surface area contributed by atoms with E-state index in [0.29, 0.717) is 50.4 Å². The van der Waals surface area contributed by atoms with Gasteiger partial charge in [-0.3, -0.25) is 23.1 Å². The standard InChI is InChI=1S/C24H23ClN6O2S/c1-3-4-7-12-30-22(33)16-11-10-15(25)13-18(16)26-24(30)34-14-20-27-28-23-29(2)21(32)17-8-5-6-9-19(17)31(20)23/h5-6,8-11,13H,3-4,7,12,14H2,1-2H3. The molecule has 0 saturated carbocycles. The molecule has 3 aromatic heterocycles. The number of thioether (sulfide) groups is 1. The molecule has 0 radical (unpaired) electrons. The first-order valence-corrected chi connectivity index (χ1v) is 12.5. The maximum absolute atomic E-state index is 13.3. The molecule has 5 rings (SSSR count). The Kier molecular flexibility index (Phi) is 6.14. The second-order valence-corrected chi connectivity index (χ2v) is 9.52. The Labute approximate surface area is 204 Å². The Morgan fingerprint density at radius 3 is 2.65 bits per heavy atom. The molecule has 2 aromatic carbocycles. The lowest BCUT2D eigenvalue weighted by Gasteiger charge is -2.13. The third-order valence-corrected chi connectivity index (χ3v) is 7.10. The summed E-state index contributed by atoms with van der Waals surface area (Å²) in [7, 11) is 1.69. The minimum absolute atomic E-state index is 0.0702. The van der Waals surface area contributed by atoms with Crippen molar-refractivity contribution >= 4 is 50.9 Å². The number of benzene rings is 2. The maximum Gasteiger partial charge on any atom is 0.262 e. The van der Waals surface area contributed by atoms with Gasteiger partial charge in [0.15, 0.2) is 5.16 Å². The summed E-state index contributed by atoms with van der Waals surface area (Å²) < 4.78 is 5.13. The van der Waals surface area contributed by atoms with Gasteiger partial charge in [0.1, 0.15) is 5.82 Å². The quantitative estimate of drug-likeness (QED) is 0.189. The van der Waals surface area contributed by atoms with Crippen molar-refractivity contribution in [2.75, 3.05) is 0 Å². The third-order valence-electron chi connectivity index (χ3n) is 5.89. The van der Waals surface area contributed by atoms with Crippen LogP contribution in [0.15, 0.2) is 57.2 Å². The summed E-state index contributed by atoms with van der Waals surface area (Å²) in [5, 5.41) is 10.9. The Morgan fingerprint density at radius 1 is 1.00 bits per heavy atom. The van der Waals surface area contributed by atoms with Crippen molar-refractivity contribution < 1.29 is 0 Å². The molecule has 0 bridgehead atoms. The van der Waals surface area contributed by atoms with Crippen LogP contribution in [-0.2, 0) is 19.3 Å². The zero-order valence-electron chi connectivity index (χ0n) is 18.9. The van der Waals surface area contributed by atoms with Crippen molar-refractivity contribution in [3.63, 3.8) is 0 Å². The van der Waals surface area contributed by atoms with Crippen LogP contribution < -0.4 is 11.1 Å². The number of aryl methyl sites for hydroxylation is 1. The Bertz CT molecular complexity index is 1660. The number of para-hydroxylation sites is 1. The number of nitrogens with zero attached hydrogens (tertiary/aromatic N) is 6. The number of rotatable bonds is 7. The monoisotopic (exact) mass is 494 g/mol. The lowest BCUT2D eigenvalue weighted by Crippen LogP contribution is -2.23. The van der Waals surface area contributed by atoms with Gasteiger partial charge in [0.2, 0.25) is 5.78 Å². The van der Waals surface area contributed by atoms with Crippen molar-refractivity contribution in [2.45, 2.75) is 43.6 Å². The van der Waals surface area contributed by atoms with Gasteiger partial charge in [-0.2, -0.15) is 0 Å². The third kappa shape index (κ3) is 3.88. The summed E-state index contributed by atoms with van der Waals surface area (Å²) in [6.07, 6.45) is 2.99. The topological polar surface area (TPSA) is 87.1 Å². The van der Waals surface area contributed by atoms with Crippen LogP contribution in [0.4, 0.5) is 0 Å². The zero-order valence-corrected chi connectivity index (χ0v) is 20.4. The molecular formula is C24H23ClN6O2S. The van der Waals surface area contributed by atoms with Gasteiger partial charge in [0.25, 0.3) is 11.1 Å². The van der Waals surface area contributed by atoms with Crippen molar-refractivity contribution in [1.82, 2.24) is 28.7 Å². The summed E-state index contributed by atoms with van der Waals surface area (Å²) in [6, 6.07) is 12.6. The summed E-state index contributed by atoms with van der Waals surface area (Å²) in [5.41, 5.74) is 1.14. The first kappa shape index (κ1) is 22.6. The molecule has 0 unspecified atom stereocenters. The van der Waals surface area contributed by atoms with E-state index in [-0.39, 0.29) is 11.1 Å². The van der Waals surface area contributed by atoms with Gasteiger partial charge < -0.3 is 0 Å². The molecule has 34 heavy (non-hydrogen) atoms. The van der Waals surface area contributed by atoms with Crippen LogP contribution in [0.5, 0.6) is 0 Å². The summed E-state index contributed by atoms with van der Waals surface area (Å²) in [6.45, 7) is 2.73. The average Bonchev–Trinajstić information content (AvgIpc) is 3.27. The number of hydrogen-bond acceptors (Lipinski definition) is 6. The highest BCUT2D eigenvalue weighted by molar-refractivity contribution is 7.98. The lowest BCUT2D eigenvalue weighted by molar-refractivity contribution is 0.541. The fourth-order valence-electron chi connectivity index (χ4n) is 4.12. The van der Waals surface area contributed by atoms with E-state index in [1.165, 1.54) is 16.3 Å². The van der Waals surface area contributed by atoms with Gasteiger partial charge in [-0.25, -0.2) is 4.98 Å². The molecule has 0 N–H and O–H groups in total. The first-order valence-electron chi connectivity index (χ1n) is 11.1. The van der Waals surface area contributed by atoms with Crippen LogP contribution in [0.25, 0.3) is 27.6 Å². The van der Waals surface area contributed by atoms with E-state index in [1.807, 2.05) is 22.6 Å². The molecule has 0 amide bonds. The second kappa shape index (κ2) is 9.23. The number of fused-ring (bicyclic) bond motifs is 4. The fourth-order valence-corrected chi connectivity index (χ4v) is 5.22. The van der Waals surface area contributed by atoms with Crippen molar-refractivity contribution in [3.05, 3.63) is 74.0 Å². The Hall–Kier alpha value is -3.17. The Balaban J connectivity index is 1.59. The van der Waals surface area contributed by atoms with Crippen molar-refractivity contribution in [1.29, 1.82) is 0 Å². The number of halogens is 1. The van der Waals surface area contributed by atoms with Gasteiger partial charge in [-0.1, -0.05) is 55.3 Å². The smallest absolute Gasteiger partial charge is 0.262 e. The number of aromatic nitrogens is 6. The van der Waals surface area contributed by atoms with Gasteiger partial charge in [0, 0.05) is 18.6 Å². The molecule has 10 heteroatoms. The van der Waals surface area contributed by atoms with Crippen LogP contribution in [0, 0.1) is 0 Å². The molecule has 5 aromatic rings. The van der Waals surface area contributed by atoms with E-state index < -0.39 is 0 Å². The molecule has 0 aliphatic heterocycles. The van der Waals surface area contributed by atoms with Crippen molar-refractivity contribution in [2.24, 2.45) is 7.05 Å². The molecule has 0 aliphatic carbocycles. The fraction of sp³-hybridized carbons (Fsp3) is 0.292. The van der Waals surface area contributed by atoms with Crippen LogP contribution in [0.3, 0.4) is 0 Å². The highest BCUT2D eigenvalue weighted by Gasteiger charge is 2.17. The van der Waals surface area contributed by atoms with Crippen LogP contribution in [-0.4, -0.2) is 28.7 Å². The maximum atomic E-state index is 13.3. The van der Waals surface area contributed by atoms with Gasteiger partial charge in [0.05, 0.1) is 27.6 Å². The largest absolute Gasteiger partial charge is 0.287 e. The van der Waals surface area contributed by atoms with Gasteiger partial charge >= 0.3 is 0 Å². The minimum atomic E-state index is -0.118. The van der Waals surface area contributed by atoms with E-state index in [9.17, 15) is 9.59 Å². The van der Waals surface area contributed by atoms with E-state index in [4.69, 9.17) is 16.6 Å². The molecule has 0 spiro atoms. The summed E-state index contributed by atoms with van der Waals surface area (Å²) in [5.74, 6) is 1.57. The number of unbranched alkanes of at least 4 members (excludes halogenated alkanes) is 2. The predicted molar refractivity (Wildman–Crippen MR) is 136 cm³/mol. The van der Waals surface area contributed by atoms with Crippen LogP contribution in [0.1, 0.15) is 32.0 Å². The van der Waals surface area contributed by atoms with Crippen LogP contribution in [0.2, 0.25) is 5.02 Å². The Morgan fingerprint density at radius 2 is 1.82 bits per heavy atom. The summed E-state index contributed by atoms with van der Waals surface area (Å²) in [4.78, 5) is 30.8. The lowest BCUT2D eigenvalue weighted by atomic mass is 10.2. The molecule has 174 valence electrons. The highest BCUT2D eigenvalue weighted by Crippen LogP contribution is 2.25. The molecule has 3 heterocycles. The van der Waals surface area contributed by atoms with E-state index >= 15 is 0 Å². The summed E-state index contributed by atoms with van der Waals surface area (Å²) >= 11 is 7.60. The number of hydrogen-bond donors (Lipinski definition) is 0. The highest BCUT2D eigenvalue weighted by atomic mass is 35.5. The molecule has 0 aliphatic rings. The minimum Gasteiger partial charge on any atom is -0.287 e. The molecule has 0 fully saturated rings. The van der Waals surface area contributed by atoms with E-state index in [0.717, 1.165) is 24.8 Å². The average molecular weight is 495 g/mol. The first-order chi connectivity index (χ1) is 16.5. The van der Waals surface area contributed by atoms with Gasteiger partial charge in [-0.15, -0.1) is 10.2 Å². The molecule has 0 saturated heterocycles.